The molecule has 1 aromatic rings. The molecule has 0 amide bonds. The Morgan fingerprint density at radius 2 is 2.27 bits per heavy atom. The van der Waals surface area contributed by atoms with E-state index in [1.807, 2.05) is 0 Å². The highest BCUT2D eigenvalue weighted by Gasteiger charge is 2.03. The van der Waals surface area contributed by atoms with E-state index in [1.165, 1.54) is 6.07 Å². The van der Waals surface area contributed by atoms with Crippen molar-refractivity contribution in [1.29, 1.82) is 0 Å². The van der Waals surface area contributed by atoms with Crippen molar-refractivity contribution >= 4 is 27.5 Å². The first-order valence-electron chi connectivity index (χ1n) is 4.86. The second kappa shape index (κ2) is 6.46. The lowest BCUT2D eigenvalue weighted by atomic mass is 10.2. The molecule has 1 nitrogen and oxygen atoms in total. The summed E-state index contributed by atoms with van der Waals surface area (Å²) in [5.41, 5.74) is 1.00. The lowest BCUT2D eigenvalue weighted by Crippen LogP contribution is -2.25. The Labute approximate surface area is 103 Å². The highest BCUT2D eigenvalue weighted by molar-refractivity contribution is 9.09. The maximum atomic E-state index is 12.9. The van der Waals surface area contributed by atoms with Gasteiger partial charge < -0.3 is 5.32 Å². The fourth-order valence-corrected chi connectivity index (χ4v) is 2.10. The van der Waals surface area contributed by atoms with Gasteiger partial charge in [0.1, 0.15) is 5.82 Å². The smallest absolute Gasteiger partial charge is 0.141 e. The van der Waals surface area contributed by atoms with Crippen LogP contribution in [0.5, 0.6) is 0 Å². The van der Waals surface area contributed by atoms with Crippen molar-refractivity contribution in [1.82, 2.24) is 5.32 Å². The van der Waals surface area contributed by atoms with E-state index in [9.17, 15) is 4.39 Å². The zero-order valence-corrected chi connectivity index (χ0v) is 10.9. The van der Waals surface area contributed by atoms with Crippen LogP contribution in [0.2, 0.25) is 5.02 Å². The van der Waals surface area contributed by atoms with Gasteiger partial charge in [0.15, 0.2) is 0 Å². The summed E-state index contributed by atoms with van der Waals surface area (Å²) in [5, 5.41) is 4.50. The minimum atomic E-state index is -0.367. The minimum Gasteiger partial charge on any atom is -0.310 e. The Bertz CT molecular complexity index is 319. The van der Waals surface area contributed by atoms with E-state index in [0.29, 0.717) is 12.6 Å². The largest absolute Gasteiger partial charge is 0.310 e. The van der Waals surface area contributed by atoms with Crippen LogP contribution in [0.25, 0.3) is 0 Å². The summed E-state index contributed by atoms with van der Waals surface area (Å²) >= 11 is 9.07. The molecule has 0 saturated carbocycles. The highest BCUT2D eigenvalue weighted by atomic mass is 79.9. The molecule has 0 saturated heterocycles. The third-order valence-corrected chi connectivity index (χ3v) is 2.93. The van der Waals surface area contributed by atoms with Gasteiger partial charge in [-0.2, -0.15) is 0 Å². The first-order valence-corrected chi connectivity index (χ1v) is 6.36. The molecule has 1 N–H and O–H groups in total. The van der Waals surface area contributed by atoms with Crippen LogP contribution in [0.3, 0.4) is 0 Å². The average molecular weight is 295 g/mol. The van der Waals surface area contributed by atoms with E-state index >= 15 is 0 Å². The Morgan fingerprint density at radius 3 is 2.87 bits per heavy atom. The van der Waals surface area contributed by atoms with Crippen LogP contribution in [-0.2, 0) is 6.54 Å². The summed E-state index contributed by atoms with van der Waals surface area (Å²) in [7, 11) is 0. The van der Waals surface area contributed by atoms with Crippen LogP contribution in [0, 0.1) is 5.82 Å². The van der Waals surface area contributed by atoms with Crippen molar-refractivity contribution in [3.63, 3.8) is 0 Å². The molecule has 0 radical (unpaired) electrons. The minimum absolute atomic E-state index is 0.183. The summed E-state index contributed by atoms with van der Waals surface area (Å²) in [6.07, 6.45) is 1.06. The first kappa shape index (κ1) is 12.9. The van der Waals surface area contributed by atoms with E-state index in [2.05, 4.69) is 28.2 Å². The molecule has 84 valence electrons. The number of hydrogen-bond acceptors (Lipinski definition) is 1. The SMILES string of the molecule is CC(CCBr)NCc1ccc(F)c(Cl)c1. The predicted molar refractivity (Wildman–Crippen MR) is 66.1 cm³/mol. The zero-order chi connectivity index (χ0) is 11.3. The van der Waals surface area contributed by atoms with Gasteiger partial charge in [0, 0.05) is 17.9 Å². The van der Waals surface area contributed by atoms with Crippen LogP contribution in [0.15, 0.2) is 18.2 Å². The molecule has 1 aromatic carbocycles. The molecule has 0 heterocycles. The van der Waals surface area contributed by atoms with Gasteiger partial charge >= 0.3 is 0 Å². The summed E-state index contributed by atoms with van der Waals surface area (Å²) in [5.74, 6) is -0.367. The monoisotopic (exact) mass is 293 g/mol. The molecule has 0 aliphatic heterocycles. The summed E-state index contributed by atoms with van der Waals surface area (Å²) < 4.78 is 12.9. The number of rotatable bonds is 5. The van der Waals surface area contributed by atoms with E-state index in [4.69, 9.17) is 11.6 Å². The highest BCUT2D eigenvalue weighted by Crippen LogP contribution is 2.15. The molecule has 1 unspecified atom stereocenters. The molecule has 1 atom stereocenters. The van der Waals surface area contributed by atoms with Crippen LogP contribution < -0.4 is 5.32 Å². The van der Waals surface area contributed by atoms with Crippen LogP contribution in [0.1, 0.15) is 18.9 Å². The van der Waals surface area contributed by atoms with Gasteiger partial charge in [0.2, 0.25) is 0 Å². The van der Waals surface area contributed by atoms with Crippen molar-refractivity contribution in [2.75, 3.05) is 5.33 Å². The summed E-state index contributed by atoms with van der Waals surface area (Å²) in [4.78, 5) is 0. The zero-order valence-electron chi connectivity index (χ0n) is 8.56. The quantitative estimate of drug-likeness (QED) is 0.816. The summed E-state index contributed by atoms with van der Waals surface area (Å²) in [6, 6.07) is 5.24. The number of hydrogen-bond donors (Lipinski definition) is 1. The van der Waals surface area contributed by atoms with Crippen molar-refractivity contribution < 1.29 is 4.39 Å². The normalized spacial score (nSPS) is 12.8. The molecular weight excluding hydrogens is 280 g/mol. The third kappa shape index (κ3) is 4.49. The van der Waals surface area contributed by atoms with Gasteiger partial charge in [0.05, 0.1) is 5.02 Å². The van der Waals surface area contributed by atoms with Gasteiger partial charge in [-0.05, 0) is 31.0 Å². The maximum Gasteiger partial charge on any atom is 0.141 e. The van der Waals surface area contributed by atoms with Gasteiger partial charge in [-0.3, -0.25) is 0 Å². The standard InChI is InChI=1S/C11H14BrClFN/c1-8(4-5-12)15-7-9-2-3-11(14)10(13)6-9/h2-3,6,8,15H,4-5,7H2,1H3. The summed E-state index contributed by atoms with van der Waals surface area (Å²) in [6.45, 7) is 2.83. The maximum absolute atomic E-state index is 12.9. The average Bonchev–Trinajstić information content (AvgIpc) is 2.20. The second-order valence-corrected chi connectivity index (χ2v) is 4.71. The predicted octanol–water partition coefficient (Wildman–Crippen LogP) is 3.74. The van der Waals surface area contributed by atoms with Crippen molar-refractivity contribution in [2.45, 2.75) is 25.9 Å². The molecule has 0 aromatic heterocycles. The lowest BCUT2D eigenvalue weighted by Gasteiger charge is -2.12. The van der Waals surface area contributed by atoms with Crippen molar-refractivity contribution in [3.05, 3.63) is 34.6 Å². The third-order valence-electron chi connectivity index (χ3n) is 2.18. The molecule has 1 rings (SSSR count). The fourth-order valence-electron chi connectivity index (χ4n) is 1.21. The Hall–Kier alpha value is -0.120. The van der Waals surface area contributed by atoms with Crippen LogP contribution in [0.4, 0.5) is 4.39 Å². The van der Waals surface area contributed by atoms with E-state index in [-0.39, 0.29) is 10.8 Å². The molecule has 0 bridgehead atoms. The van der Waals surface area contributed by atoms with Crippen LogP contribution in [-0.4, -0.2) is 11.4 Å². The van der Waals surface area contributed by atoms with Crippen LogP contribution >= 0.6 is 27.5 Å². The topological polar surface area (TPSA) is 12.0 Å². The first-order chi connectivity index (χ1) is 7.13. The fraction of sp³-hybridized carbons (Fsp3) is 0.455. The number of benzene rings is 1. The number of halogens is 3. The molecule has 0 aliphatic carbocycles. The van der Waals surface area contributed by atoms with Gasteiger partial charge in [-0.25, -0.2) is 4.39 Å². The molecule has 0 fully saturated rings. The Morgan fingerprint density at radius 1 is 1.53 bits per heavy atom. The lowest BCUT2D eigenvalue weighted by molar-refractivity contribution is 0.538. The molecule has 15 heavy (non-hydrogen) atoms. The molecule has 0 aliphatic rings. The van der Waals surface area contributed by atoms with Gasteiger partial charge in [-0.1, -0.05) is 33.6 Å². The van der Waals surface area contributed by atoms with E-state index in [1.54, 1.807) is 12.1 Å². The van der Waals surface area contributed by atoms with Crippen molar-refractivity contribution in [2.24, 2.45) is 0 Å². The Kier molecular flexibility index (Phi) is 5.58. The van der Waals surface area contributed by atoms with E-state index in [0.717, 1.165) is 17.3 Å². The van der Waals surface area contributed by atoms with Gasteiger partial charge in [-0.15, -0.1) is 0 Å². The second-order valence-electron chi connectivity index (χ2n) is 3.51. The van der Waals surface area contributed by atoms with E-state index < -0.39 is 0 Å². The molecule has 0 spiro atoms. The molecule has 4 heteroatoms. The van der Waals surface area contributed by atoms with Gasteiger partial charge in [0.25, 0.3) is 0 Å². The van der Waals surface area contributed by atoms with Crippen molar-refractivity contribution in [3.8, 4) is 0 Å². The number of alkyl halides is 1. The Balaban J connectivity index is 2.47. The number of nitrogens with one attached hydrogen (secondary N) is 1. The molecular formula is C11H14BrClFN.